The molecule has 0 radical (unpaired) electrons. The average Bonchev–Trinajstić information content (AvgIpc) is 3.38. The van der Waals surface area contributed by atoms with Gasteiger partial charge in [-0.1, -0.05) is 11.2 Å². The molecule has 30 heavy (non-hydrogen) atoms. The molecule has 0 saturated carbocycles. The van der Waals surface area contributed by atoms with E-state index in [9.17, 15) is 22.4 Å². The first-order chi connectivity index (χ1) is 14.3. The average molecular weight is 422 g/mol. The first-order valence-electron chi connectivity index (χ1n) is 8.88. The van der Waals surface area contributed by atoms with E-state index in [1.54, 1.807) is 11.0 Å². The Bertz CT molecular complexity index is 1050. The Balaban J connectivity index is 1.37. The van der Waals surface area contributed by atoms with Gasteiger partial charge in [0.25, 0.3) is 5.91 Å². The molecule has 1 aromatic carbocycles. The summed E-state index contributed by atoms with van der Waals surface area (Å²) in [6, 6.07) is 8.38. The predicted molar refractivity (Wildman–Crippen MR) is 93.9 cm³/mol. The lowest BCUT2D eigenvalue weighted by Gasteiger charge is -2.17. The fourth-order valence-electron chi connectivity index (χ4n) is 3.02. The first kappa shape index (κ1) is 19.8. The highest BCUT2D eigenvalue weighted by Gasteiger charge is 2.38. The molecule has 0 bridgehead atoms. The highest BCUT2D eigenvalue weighted by Crippen LogP contribution is 2.29. The van der Waals surface area contributed by atoms with Crippen LogP contribution < -0.4 is 4.74 Å². The molecule has 1 aliphatic rings. The van der Waals surface area contributed by atoms with Gasteiger partial charge in [-0.2, -0.15) is 18.2 Å². The van der Waals surface area contributed by atoms with Crippen molar-refractivity contribution in [3.05, 3.63) is 59.9 Å². The lowest BCUT2D eigenvalue weighted by Crippen LogP contribution is -2.31. The molecular weight excluding hydrogens is 408 g/mol. The molecule has 7 nitrogen and oxygen atoms in total. The molecule has 0 aliphatic carbocycles. The molecule has 1 saturated heterocycles. The number of benzene rings is 1. The van der Waals surface area contributed by atoms with Gasteiger partial charge in [-0.25, -0.2) is 9.37 Å². The van der Waals surface area contributed by atoms with Crippen molar-refractivity contribution in [1.82, 2.24) is 20.0 Å². The molecule has 1 unspecified atom stereocenters. The minimum absolute atomic E-state index is 0.232. The van der Waals surface area contributed by atoms with Crippen LogP contribution in [0.3, 0.4) is 0 Å². The maximum atomic E-state index is 13.3. The third kappa shape index (κ3) is 4.24. The largest absolute Gasteiger partial charge is 0.472 e. The van der Waals surface area contributed by atoms with Crippen LogP contribution in [0.25, 0.3) is 11.4 Å². The number of alkyl halides is 3. The monoisotopic (exact) mass is 422 g/mol. The van der Waals surface area contributed by atoms with E-state index in [2.05, 4.69) is 19.6 Å². The van der Waals surface area contributed by atoms with Crippen LogP contribution in [-0.2, 0) is 6.18 Å². The van der Waals surface area contributed by atoms with Gasteiger partial charge in [0.2, 0.25) is 11.7 Å². The zero-order valence-corrected chi connectivity index (χ0v) is 15.3. The fourth-order valence-corrected chi connectivity index (χ4v) is 3.02. The van der Waals surface area contributed by atoms with E-state index in [-0.39, 0.29) is 34.8 Å². The van der Waals surface area contributed by atoms with Gasteiger partial charge in [0, 0.05) is 36.4 Å². The maximum absolute atomic E-state index is 13.3. The smallest absolute Gasteiger partial charge is 0.471 e. The fraction of sp³-hybridized carbons (Fsp3) is 0.263. The number of ether oxygens (including phenoxy) is 1. The number of hydrogen-bond donors (Lipinski definition) is 0. The van der Waals surface area contributed by atoms with Crippen LogP contribution in [0.5, 0.6) is 5.88 Å². The number of nitrogens with zero attached hydrogens (tertiary/aromatic N) is 4. The Morgan fingerprint density at radius 1 is 1.23 bits per heavy atom. The number of carbonyl (C=O) groups is 1. The van der Waals surface area contributed by atoms with Crippen LogP contribution in [0.4, 0.5) is 17.6 Å². The molecule has 3 aromatic rings. The van der Waals surface area contributed by atoms with Crippen LogP contribution in [0.2, 0.25) is 0 Å². The number of hydrogen-bond acceptors (Lipinski definition) is 6. The summed E-state index contributed by atoms with van der Waals surface area (Å²) in [7, 11) is 0. The molecule has 1 atom stereocenters. The second kappa shape index (κ2) is 7.73. The standard InChI is InChI=1S/C19H14F4N4O3/c20-13-3-1-2-11(8-13)17(28)27-7-6-14(10-27)29-15-5-4-12(9-24-15)16-25-18(30-26-16)19(21,22)23/h1-5,8-9,14H,6-7,10H2. The van der Waals surface area contributed by atoms with E-state index in [4.69, 9.17) is 4.74 Å². The van der Waals surface area contributed by atoms with Crippen LogP contribution in [0.1, 0.15) is 22.7 Å². The van der Waals surface area contributed by atoms with Crippen molar-refractivity contribution >= 4 is 5.91 Å². The van der Waals surface area contributed by atoms with Crippen molar-refractivity contribution in [3.63, 3.8) is 0 Å². The highest BCUT2D eigenvalue weighted by molar-refractivity contribution is 5.94. The second-order valence-electron chi connectivity index (χ2n) is 6.60. The van der Waals surface area contributed by atoms with Gasteiger partial charge < -0.3 is 14.2 Å². The number of pyridine rings is 1. The number of likely N-dealkylation sites (tertiary alicyclic amines) is 1. The molecule has 2 aromatic heterocycles. The van der Waals surface area contributed by atoms with E-state index in [1.807, 2.05) is 0 Å². The van der Waals surface area contributed by atoms with Crippen molar-refractivity contribution in [1.29, 1.82) is 0 Å². The second-order valence-corrected chi connectivity index (χ2v) is 6.60. The molecule has 3 heterocycles. The van der Waals surface area contributed by atoms with Crippen molar-refractivity contribution in [2.45, 2.75) is 18.7 Å². The third-order valence-electron chi connectivity index (χ3n) is 4.45. The van der Waals surface area contributed by atoms with Crippen LogP contribution in [-0.4, -0.2) is 45.1 Å². The third-order valence-corrected chi connectivity index (χ3v) is 4.45. The number of aromatic nitrogens is 3. The summed E-state index contributed by atoms with van der Waals surface area (Å²) in [5, 5.41) is 3.29. The SMILES string of the molecule is O=C(c1cccc(F)c1)N1CCC(Oc2ccc(-c3noc(C(F)(F)F)n3)cn2)C1. The maximum Gasteiger partial charge on any atom is 0.471 e. The summed E-state index contributed by atoms with van der Waals surface area (Å²) in [5.74, 6) is -2.22. The zero-order valence-electron chi connectivity index (χ0n) is 15.3. The Morgan fingerprint density at radius 2 is 2.07 bits per heavy atom. The van der Waals surface area contributed by atoms with Gasteiger partial charge >= 0.3 is 12.1 Å². The van der Waals surface area contributed by atoms with Gasteiger partial charge in [0.05, 0.1) is 6.54 Å². The molecule has 4 rings (SSSR count). The highest BCUT2D eigenvalue weighted by atomic mass is 19.4. The lowest BCUT2D eigenvalue weighted by molar-refractivity contribution is -0.159. The van der Waals surface area contributed by atoms with Gasteiger partial charge in [0.15, 0.2) is 0 Å². The van der Waals surface area contributed by atoms with E-state index in [0.29, 0.717) is 19.5 Å². The minimum atomic E-state index is -4.72. The molecule has 1 aliphatic heterocycles. The van der Waals surface area contributed by atoms with E-state index in [0.717, 1.165) is 0 Å². The van der Waals surface area contributed by atoms with Crippen molar-refractivity contribution < 1.29 is 31.6 Å². The Labute approximate surface area is 167 Å². The Morgan fingerprint density at radius 3 is 2.73 bits per heavy atom. The van der Waals surface area contributed by atoms with Crippen molar-refractivity contribution in [3.8, 4) is 17.3 Å². The van der Waals surface area contributed by atoms with E-state index >= 15 is 0 Å². The quantitative estimate of drug-likeness (QED) is 0.598. The van der Waals surface area contributed by atoms with Gasteiger partial charge in [-0.15, -0.1) is 0 Å². The Hall–Kier alpha value is -3.50. The normalized spacial score (nSPS) is 16.7. The summed E-state index contributed by atoms with van der Waals surface area (Å²) in [6.45, 7) is 0.750. The minimum Gasteiger partial charge on any atom is -0.472 e. The zero-order chi connectivity index (χ0) is 21.3. The van der Waals surface area contributed by atoms with Gasteiger partial charge in [0.1, 0.15) is 11.9 Å². The molecule has 0 N–H and O–H groups in total. The van der Waals surface area contributed by atoms with Gasteiger partial charge in [-0.3, -0.25) is 4.79 Å². The van der Waals surface area contributed by atoms with Crippen molar-refractivity contribution in [2.24, 2.45) is 0 Å². The van der Waals surface area contributed by atoms with Crippen LogP contribution in [0, 0.1) is 5.82 Å². The van der Waals surface area contributed by atoms with E-state index < -0.39 is 17.9 Å². The predicted octanol–water partition coefficient (Wildman–Crippen LogP) is 3.58. The molecular formula is C19H14F4N4O3. The number of rotatable bonds is 4. The Kier molecular flexibility index (Phi) is 5.10. The number of carbonyl (C=O) groups excluding carboxylic acids is 1. The first-order valence-corrected chi connectivity index (χ1v) is 8.88. The summed E-state index contributed by atoms with van der Waals surface area (Å²) in [4.78, 5) is 21.4. The summed E-state index contributed by atoms with van der Waals surface area (Å²) >= 11 is 0. The van der Waals surface area contributed by atoms with Crippen molar-refractivity contribution in [2.75, 3.05) is 13.1 Å². The number of halogens is 4. The summed E-state index contributed by atoms with van der Waals surface area (Å²) < 4.78 is 60.9. The molecule has 0 spiro atoms. The van der Waals surface area contributed by atoms with Crippen LogP contribution >= 0.6 is 0 Å². The topological polar surface area (TPSA) is 81.4 Å². The number of amides is 1. The van der Waals surface area contributed by atoms with E-state index in [1.165, 1.54) is 36.5 Å². The molecule has 11 heteroatoms. The lowest BCUT2D eigenvalue weighted by atomic mass is 10.2. The summed E-state index contributed by atoms with van der Waals surface area (Å²) in [6.07, 6.45) is -3.21. The van der Waals surface area contributed by atoms with Gasteiger partial charge in [-0.05, 0) is 24.3 Å². The van der Waals surface area contributed by atoms with Crippen LogP contribution in [0.15, 0.2) is 47.1 Å². The summed E-state index contributed by atoms with van der Waals surface area (Å²) in [5.41, 5.74) is 0.493. The molecule has 1 fully saturated rings. The molecule has 1 amide bonds. The molecule has 156 valence electrons.